The number of hydrogen-bond donors (Lipinski definition) is 1. The smallest absolute Gasteiger partial charge is 0.231 e. The summed E-state index contributed by atoms with van der Waals surface area (Å²) in [7, 11) is 1.75. The molecule has 4 nitrogen and oxygen atoms in total. The van der Waals surface area contributed by atoms with Crippen molar-refractivity contribution in [3.63, 3.8) is 0 Å². The number of rotatable bonds is 2. The molecule has 1 aromatic heterocycles. The number of aliphatic hydroxyl groups is 1. The molecule has 1 amide bonds. The van der Waals surface area contributed by atoms with Crippen molar-refractivity contribution in [3.8, 4) is 11.1 Å². The van der Waals surface area contributed by atoms with Gasteiger partial charge < -0.3 is 10.0 Å². The number of pyridine rings is 1. The third-order valence-corrected chi connectivity index (χ3v) is 4.47. The predicted molar refractivity (Wildman–Crippen MR) is 87.0 cm³/mol. The van der Waals surface area contributed by atoms with Gasteiger partial charge in [-0.05, 0) is 26.0 Å². The Hall–Kier alpha value is -1.91. The zero-order valence-electron chi connectivity index (χ0n) is 12.7. The van der Waals surface area contributed by atoms with E-state index in [0.29, 0.717) is 11.4 Å². The summed E-state index contributed by atoms with van der Waals surface area (Å²) in [6.07, 6.45) is 3.67. The average Bonchev–Trinajstić information content (AvgIpc) is 2.75. The summed E-state index contributed by atoms with van der Waals surface area (Å²) in [6, 6.07) is 5.67. The molecule has 5 heteroatoms. The van der Waals surface area contributed by atoms with Gasteiger partial charge in [0.1, 0.15) is 0 Å². The third kappa shape index (κ3) is 2.38. The van der Waals surface area contributed by atoms with Gasteiger partial charge in [0.15, 0.2) is 0 Å². The first-order valence-electron chi connectivity index (χ1n) is 7.05. The number of likely N-dealkylation sites (N-methyl/N-ethyl adjacent to an activating group) is 1. The molecule has 0 bridgehead atoms. The number of aromatic nitrogens is 1. The van der Waals surface area contributed by atoms with Crippen molar-refractivity contribution in [3.05, 3.63) is 46.7 Å². The maximum atomic E-state index is 11.8. The molecule has 0 saturated carbocycles. The number of fused-ring (bicyclic) bond motifs is 1. The fourth-order valence-corrected chi connectivity index (χ4v) is 2.98. The Bertz CT molecular complexity index is 766. The SMILES string of the molecule is CN1C(=O)Cc2c1ccc(-c1cncc(C(C)(C)O)c1)c2Cl. The molecule has 22 heavy (non-hydrogen) atoms. The first-order chi connectivity index (χ1) is 10.3. The number of carbonyl (C=O) groups is 1. The summed E-state index contributed by atoms with van der Waals surface area (Å²) in [4.78, 5) is 17.7. The summed E-state index contributed by atoms with van der Waals surface area (Å²) in [5.74, 6) is 0.0393. The zero-order valence-corrected chi connectivity index (χ0v) is 13.5. The number of carbonyl (C=O) groups excluding carboxylic acids is 1. The normalized spacial score (nSPS) is 14.4. The lowest BCUT2D eigenvalue weighted by molar-refractivity contribution is -0.117. The van der Waals surface area contributed by atoms with Crippen LogP contribution in [0, 0.1) is 0 Å². The van der Waals surface area contributed by atoms with Crippen molar-refractivity contribution in [1.82, 2.24) is 4.98 Å². The van der Waals surface area contributed by atoms with Crippen LogP contribution in [-0.2, 0) is 16.8 Å². The highest BCUT2D eigenvalue weighted by atomic mass is 35.5. The summed E-state index contributed by atoms with van der Waals surface area (Å²) < 4.78 is 0. The number of hydrogen-bond acceptors (Lipinski definition) is 3. The minimum Gasteiger partial charge on any atom is -0.386 e. The third-order valence-electron chi connectivity index (χ3n) is 4.04. The van der Waals surface area contributed by atoms with Crippen LogP contribution < -0.4 is 4.90 Å². The fraction of sp³-hybridized carbons (Fsp3) is 0.294. The van der Waals surface area contributed by atoms with Gasteiger partial charge in [-0.15, -0.1) is 0 Å². The second-order valence-corrected chi connectivity index (χ2v) is 6.45. The molecule has 0 aliphatic carbocycles. The summed E-state index contributed by atoms with van der Waals surface area (Å²) >= 11 is 6.52. The summed E-state index contributed by atoms with van der Waals surface area (Å²) in [6.45, 7) is 3.43. The van der Waals surface area contributed by atoms with Gasteiger partial charge in [0.05, 0.1) is 17.0 Å². The van der Waals surface area contributed by atoms with Crippen LogP contribution in [0.15, 0.2) is 30.6 Å². The Balaban J connectivity index is 2.12. The van der Waals surface area contributed by atoms with Crippen molar-refractivity contribution < 1.29 is 9.90 Å². The second kappa shape index (κ2) is 5.07. The minimum atomic E-state index is -0.970. The Morgan fingerprint density at radius 2 is 2.05 bits per heavy atom. The molecule has 2 aromatic rings. The molecule has 0 spiro atoms. The lowest BCUT2D eigenvalue weighted by atomic mass is 9.96. The van der Waals surface area contributed by atoms with Gasteiger partial charge in [-0.25, -0.2) is 0 Å². The van der Waals surface area contributed by atoms with Gasteiger partial charge >= 0.3 is 0 Å². The Morgan fingerprint density at radius 3 is 2.73 bits per heavy atom. The van der Waals surface area contributed by atoms with E-state index in [9.17, 15) is 9.90 Å². The van der Waals surface area contributed by atoms with Gasteiger partial charge in [0.25, 0.3) is 0 Å². The average molecular weight is 317 g/mol. The topological polar surface area (TPSA) is 53.4 Å². The van der Waals surface area contributed by atoms with E-state index in [4.69, 9.17) is 11.6 Å². The van der Waals surface area contributed by atoms with Crippen LogP contribution in [0.4, 0.5) is 5.69 Å². The molecule has 1 aromatic carbocycles. The maximum absolute atomic E-state index is 11.8. The lowest BCUT2D eigenvalue weighted by Gasteiger charge is -2.18. The highest BCUT2D eigenvalue weighted by molar-refractivity contribution is 6.35. The lowest BCUT2D eigenvalue weighted by Crippen LogP contribution is -2.20. The van der Waals surface area contributed by atoms with Crippen molar-refractivity contribution in [2.24, 2.45) is 0 Å². The first-order valence-corrected chi connectivity index (χ1v) is 7.43. The van der Waals surface area contributed by atoms with Crippen LogP contribution >= 0.6 is 11.6 Å². The maximum Gasteiger partial charge on any atom is 0.231 e. The molecule has 0 fully saturated rings. The van der Waals surface area contributed by atoms with E-state index in [-0.39, 0.29) is 5.91 Å². The van der Waals surface area contributed by atoms with Crippen LogP contribution in [0.25, 0.3) is 11.1 Å². The van der Waals surface area contributed by atoms with Crippen LogP contribution in [0.2, 0.25) is 5.02 Å². The van der Waals surface area contributed by atoms with Crippen molar-refractivity contribution >= 4 is 23.2 Å². The molecular formula is C17H17ClN2O2. The van der Waals surface area contributed by atoms with Crippen LogP contribution in [0.5, 0.6) is 0 Å². The fourth-order valence-electron chi connectivity index (χ4n) is 2.64. The molecule has 0 atom stereocenters. The zero-order chi connectivity index (χ0) is 16.1. The summed E-state index contributed by atoms with van der Waals surface area (Å²) in [5.41, 5.74) is 3.10. The van der Waals surface area contributed by atoms with Crippen molar-refractivity contribution in [2.75, 3.05) is 11.9 Å². The van der Waals surface area contributed by atoms with Gasteiger partial charge in [0.2, 0.25) is 5.91 Å². The van der Waals surface area contributed by atoms with Crippen molar-refractivity contribution in [1.29, 1.82) is 0 Å². The molecule has 0 radical (unpaired) electrons. The van der Waals surface area contributed by atoms with Gasteiger partial charge in [-0.1, -0.05) is 17.7 Å². The molecule has 3 rings (SSSR count). The molecule has 1 aliphatic rings. The van der Waals surface area contributed by atoms with Crippen LogP contribution in [-0.4, -0.2) is 23.0 Å². The van der Waals surface area contributed by atoms with E-state index in [1.54, 1.807) is 38.2 Å². The minimum absolute atomic E-state index is 0.0393. The molecule has 2 heterocycles. The largest absolute Gasteiger partial charge is 0.386 e. The van der Waals surface area contributed by atoms with E-state index < -0.39 is 5.60 Å². The van der Waals surface area contributed by atoms with Gasteiger partial charge in [-0.3, -0.25) is 9.78 Å². The number of anilines is 1. The Labute approximate surface area is 134 Å². The molecule has 114 valence electrons. The van der Waals surface area contributed by atoms with Gasteiger partial charge in [0, 0.05) is 47.4 Å². The predicted octanol–water partition coefficient (Wildman–Crippen LogP) is 3.15. The number of halogens is 1. The Morgan fingerprint density at radius 1 is 1.32 bits per heavy atom. The highest BCUT2D eigenvalue weighted by Crippen LogP contribution is 2.40. The Kier molecular flexibility index (Phi) is 3.46. The van der Waals surface area contributed by atoms with E-state index in [0.717, 1.165) is 27.9 Å². The number of amides is 1. The van der Waals surface area contributed by atoms with E-state index >= 15 is 0 Å². The molecule has 1 N–H and O–H groups in total. The van der Waals surface area contributed by atoms with Crippen molar-refractivity contribution in [2.45, 2.75) is 25.9 Å². The van der Waals surface area contributed by atoms with Gasteiger partial charge in [-0.2, -0.15) is 0 Å². The first kappa shape index (κ1) is 15.0. The molecular weight excluding hydrogens is 300 g/mol. The van der Waals surface area contributed by atoms with Crippen LogP contribution in [0.3, 0.4) is 0 Å². The highest BCUT2D eigenvalue weighted by Gasteiger charge is 2.28. The molecule has 0 saturated heterocycles. The second-order valence-electron chi connectivity index (χ2n) is 6.08. The van der Waals surface area contributed by atoms with Crippen LogP contribution in [0.1, 0.15) is 25.0 Å². The summed E-state index contributed by atoms with van der Waals surface area (Å²) in [5, 5.41) is 10.7. The molecule has 1 aliphatic heterocycles. The van der Waals surface area contributed by atoms with E-state index in [1.807, 2.05) is 18.2 Å². The monoisotopic (exact) mass is 316 g/mol. The number of nitrogens with zero attached hydrogens (tertiary/aromatic N) is 2. The molecule has 0 unspecified atom stereocenters. The quantitative estimate of drug-likeness (QED) is 0.926. The standard InChI is InChI=1S/C17H17ClN2O2/c1-17(2,22)11-6-10(8-19-9-11)12-4-5-14-13(16(12)18)7-15(21)20(14)3/h4-6,8-9,22H,7H2,1-3H3. The number of benzene rings is 1. The van der Waals surface area contributed by atoms with E-state index in [1.165, 1.54) is 0 Å². The van der Waals surface area contributed by atoms with E-state index in [2.05, 4.69) is 4.98 Å².